The molecule has 5 rings (SSSR count). The maximum atomic E-state index is 13.2. The molecule has 0 spiro atoms. The molecule has 0 unspecified atom stereocenters. The molecule has 1 aliphatic heterocycles. The predicted molar refractivity (Wildman–Crippen MR) is 140 cm³/mol. The molecule has 36 heavy (non-hydrogen) atoms. The first kappa shape index (κ1) is 27.9. The van der Waals surface area contributed by atoms with Crippen LogP contribution in [0.15, 0.2) is 44.2 Å². The van der Waals surface area contributed by atoms with Crippen LogP contribution in [0.3, 0.4) is 0 Å². The number of fused-ring (bicyclic) bond motifs is 2. The average molecular weight is 521 g/mol. The largest absolute Gasteiger partial charge is 0.461 e. The molecule has 1 amide bonds. The molecule has 1 aromatic carbocycles. The second-order valence-corrected chi connectivity index (χ2v) is 9.41. The van der Waals surface area contributed by atoms with E-state index in [1.165, 1.54) is 49.8 Å². The van der Waals surface area contributed by atoms with Crippen LogP contribution in [0.4, 0.5) is 8.78 Å². The van der Waals surface area contributed by atoms with Crippen LogP contribution in [-0.2, 0) is 23.6 Å². The summed E-state index contributed by atoms with van der Waals surface area (Å²) in [6, 6.07) is 9.69. The van der Waals surface area contributed by atoms with Crippen molar-refractivity contribution in [2.24, 2.45) is 5.73 Å². The van der Waals surface area contributed by atoms with E-state index < -0.39 is 17.6 Å². The van der Waals surface area contributed by atoms with Gasteiger partial charge in [0.05, 0.1) is 0 Å². The van der Waals surface area contributed by atoms with Crippen molar-refractivity contribution in [3.05, 3.63) is 63.8 Å². The second kappa shape index (κ2) is 12.5. The number of hydrogen-bond acceptors (Lipinski definition) is 4. The summed E-state index contributed by atoms with van der Waals surface area (Å²) in [6.45, 7) is 9.92. The van der Waals surface area contributed by atoms with Crippen molar-refractivity contribution in [3.8, 4) is 0 Å². The van der Waals surface area contributed by atoms with Gasteiger partial charge in [0.25, 0.3) is 5.91 Å². The van der Waals surface area contributed by atoms with Crippen LogP contribution in [0.25, 0.3) is 17.0 Å². The summed E-state index contributed by atoms with van der Waals surface area (Å²) in [4.78, 5) is 13.1. The third-order valence-corrected chi connectivity index (χ3v) is 6.48. The van der Waals surface area contributed by atoms with Gasteiger partial charge in [-0.05, 0) is 82.6 Å². The quantitative estimate of drug-likeness (QED) is 0.373. The van der Waals surface area contributed by atoms with E-state index in [9.17, 15) is 13.6 Å². The number of nitrogens with two attached hydrogens (primary N) is 1. The van der Waals surface area contributed by atoms with E-state index in [1.807, 2.05) is 13.8 Å². The lowest BCUT2D eigenvalue weighted by Gasteiger charge is -2.13. The van der Waals surface area contributed by atoms with Crippen LogP contribution in [0.1, 0.15) is 67.9 Å². The smallest absolute Gasteiger partial charge is 0.380 e. The van der Waals surface area contributed by atoms with Gasteiger partial charge in [-0.1, -0.05) is 37.1 Å². The molecule has 1 fully saturated rings. The zero-order chi connectivity index (χ0) is 26.3. The van der Waals surface area contributed by atoms with Crippen LogP contribution in [0.2, 0.25) is 0 Å². The van der Waals surface area contributed by atoms with E-state index in [0.717, 1.165) is 23.8 Å². The monoisotopic (exact) mass is 520 g/mol. The lowest BCUT2D eigenvalue weighted by atomic mass is 10.1. The van der Waals surface area contributed by atoms with Crippen LogP contribution in [-0.4, -0.2) is 30.4 Å². The molecule has 3 heterocycles. The van der Waals surface area contributed by atoms with E-state index in [0.29, 0.717) is 29.2 Å². The van der Waals surface area contributed by atoms with Crippen molar-refractivity contribution >= 4 is 34.6 Å². The molecule has 1 saturated heterocycles. The van der Waals surface area contributed by atoms with Crippen molar-refractivity contribution in [1.29, 1.82) is 0 Å². The van der Waals surface area contributed by atoms with Crippen LogP contribution in [0, 0.1) is 6.92 Å². The van der Waals surface area contributed by atoms with Crippen LogP contribution >= 0.6 is 11.6 Å². The molecule has 2 aliphatic rings. The molecule has 0 radical (unpaired) electrons. The highest BCUT2D eigenvalue weighted by atomic mass is 35.5. The number of carbonyl (C=O) groups is 1. The second-order valence-electron chi connectivity index (χ2n) is 8.93. The van der Waals surface area contributed by atoms with E-state index >= 15 is 0 Å². The Balaban J connectivity index is 0.000000189. The third-order valence-electron chi connectivity index (χ3n) is 6.18. The topological polar surface area (TPSA) is 72.6 Å². The van der Waals surface area contributed by atoms with Crippen molar-refractivity contribution in [1.82, 2.24) is 4.90 Å². The summed E-state index contributed by atoms with van der Waals surface area (Å²) >= 11 is 5.77. The van der Waals surface area contributed by atoms with Crippen molar-refractivity contribution < 1.29 is 22.4 Å². The summed E-state index contributed by atoms with van der Waals surface area (Å²) in [5, 5.41) is 1.81. The Morgan fingerprint density at radius 2 is 1.83 bits per heavy atom. The van der Waals surface area contributed by atoms with Gasteiger partial charge in [0.2, 0.25) is 0 Å². The first-order valence-corrected chi connectivity index (χ1v) is 13.0. The minimum Gasteiger partial charge on any atom is -0.461 e. The maximum absolute atomic E-state index is 13.2. The Hall–Kier alpha value is -2.64. The average Bonchev–Trinajstić information content (AvgIpc) is 3.60. The third kappa shape index (κ3) is 6.98. The lowest BCUT2D eigenvalue weighted by Crippen LogP contribution is -2.32. The molecule has 0 atom stereocenters. The number of carbonyl (C=O) groups excluding carboxylic acids is 1. The Bertz CT molecular complexity index is 1190. The number of hydrogen-bond donors (Lipinski definition) is 1. The first-order chi connectivity index (χ1) is 17.2. The molecule has 0 bridgehead atoms. The lowest BCUT2D eigenvalue weighted by molar-refractivity contribution is -0.145. The zero-order valence-electron chi connectivity index (χ0n) is 21.2. The molecular formula is C28H35ClF2N2O3. The van der Waals surface area contributed by atoms with Crippen molar-refractivity contribution in [2.45, 2.75) is 65.2 Å². The van der Waals surface area contributed by atoms with E-state index in [-0.39, 0.29) is 0 Å². The maximum Gasteiger partial charge on any atom is 0.380 e. The van der Waals surface area contributed by atoms with Gasteiger partial charge in [-0.2, -0.15) is 8.78 Å². The number of amides is 1. The number of rotatable bonds is 6. The minimum absolute atomic E-state index is 0.403. The Labute approximate surface area is 216 Å². The fraction of sp³-hybridized carbons (Fsp3) is 0.464. The first-order valence-electron chi connectivity index (χ1n) is 12.6. The normalized spacial score (nSPS) is 15.4. The minimum atomic E-state index is -3.78. The molecule has 5 nitrogen and oxygen atoms in total. The Morgan fingerprint density at radius 1 is 1.11 bits per heavy atom. The molecule has 8 heteroatoms. The highest BCUT2D eigenvalue weighted by molar-refractivity contribution is 6.31. The summed E-state index contributed by atoms with van der Waals surface area (Å²) < 4.78 is 37.3. The van der Waals surface area contributed by atoms with E-state index in [4.69, 9.17) is 20.4 Å². The summed E-state index contributed by atoms with van der Waals surface area (Å²) in [6.07, 6.45) is 7.56. The number of benzene rings is 1. The van der Waals surface area contributed by atoms with Gasteiger partial charge in [-0.25, -0.2) is 0 Å². The number of primary amides is 1. The van der Waals surface area contributed by atoms with Gasteiger partial charge in [0.1, 0.15) is 17.1 Å². The molecule has 0 saturated carbocycles. The fourth-order valence-corrected chi connectivity index (χ4v) is 4.55. The SMILES string of the molecule is CC.Cc1ccc2oc(CCCN3CCCC3)cc2c1.NC(=O)C(F)(F)c1cc2c(o1)CCC(Cl)=C2. The number of aryl methyl sites for hydroxylation is 3. The number of allylic oxidation sites excluding steroid dienone is 1. The van der Waals surface area contributed by atoms with Gasteiger partial charge >= 0.3 is 5.92 Å². The van der Waals surface area contributed by atoms with Gasteiger partial charge < -0.3 is 19.5 Å². The number of alkyl halides is 2. The fourth-order valence-electron chi connectivity index (χ4n) is 4.33. The number of likely N-dealkylation sites (tertiary alicyclic amines) is 1. The van der Waals surface area contributed by atoms with E-state index in [2.05, 4.69) is 41.8 Å². The predicted octanol–water partition coefficient (Wildman–Crippen LogP) is 7.18. The molecule has 2 N–H and O–H groups in total. The molecular weight excluding hydrogens is 486 g/mol. The van der Waals surface area contributed by atoms with Gasteiger partial charge in [-0.15, -0.1) is 0 Å². The molecule has 196 valence electrons. The number of furan rings is 2. The van der Waals surface area contributed by atoms with Crippen LogP contribution < -0.4 is 5.73 Å². The Morgan fingerprint density at radius 3 is 2.53 bits per heavy atom. The van der Waals surface area contributed by atoms with Crippen LogP contribution in [0.5, 0.6) is 0 Å². The summed E-state index contributed by atoms with van der Waals surface area (Å²) in [5.41, 5.74) is 7.40. The molecule has 1 aliphatic carbocycles. The highest BCUT2D eigenvalue weighted by Gasteiger charge is 2.43. The standard InChI is InChI=1S/C16H21NO.C10H8ClF2NO2.C2H6/c1-13-6-7-16-14(11-13)12-15(18-16)5-4-10-17-8-2-3-9-17;11-6-1-2-7-5(3-6)4-8(16-7)10(12,13)9(14)15;1-2/h6-7,11-12H,2-5,8-10H2,1H3;3-4H,1-2H2,(H2,14,15);1-2H3. The van der Waals surface area contributed by atoms with Gasteiger partial charge in [-0.3, -0.25) is 4.79 Å². The molecule has 3 aromatic rings. The zero-order valence-corrected chi connectivity index (χ0v) is 22.0. The summed E-state index contributed by atoms with van der Waals surface area (Å²) in [5.74, 6) is -4.70. The summed E-state index contributed by atoms with van der Waals surface area (Å²) in [7, 11) is 0. The van der Waals surface area contributed by atoms with Gasteiger partial charge in [0.15, 0.2) is 5.76 Å². The number of halogens is 3. The van der Waals surface area contributed by atoms with E-state index in [1.54, 1.807) is 6.08 Å². The Kier molecular flexibility index (Phi) is 9.74. The molecule has 2 aromatic heterocycles. The van der Waals surface area contributed by atoms with Gasteiger partial charge in [0, 0.05) is 28.8 Å². The van der Waals surface area contributed by atoms with Crippen molar-refractivity contribution in [3.63, 3.8) is 0 Å². The highest BCUT2D eigenvalue weighted by Crippen LogP contribution is 2.35. The number of nitrogens with zero attached hydrogens (tertiary/aromatic N) is 1. The van der Waals surface area contributed by atoms with Crippen molar-refractivity contribution in [2.75, 3.05) is 19.6 Å².